The maximum atomic E-state index is 13.3. The Morgan fingerprint density at radius 3 is 2.24 bits per heavy atom. The first-order valence-corrected chi connectivity index (χ1v) is 11.5. The van der Waals surface area contributed by atoms with Crippen LogP contribution >= 0.6 is 11.6 Å². The van der Waals surface area contributed by atoms with Crippen molar-refractivity contribution in [2.45, 2.75) is 45.7 Å². The highest BCUT2D eigenvalue weighted by atomic mass is 35.5. The average molecular weight is 477 g/mol. The monoisotopic (exact) mass is 476 g/mol. The summed E-state index contributed by atoms with van der Waals surface area (Å²) in [6.45, 7) is 4.45. The van der Waals surface area contributed by atoms with Crippen molar-refractivity contribution in [3.63, 3.8) is 0 Å². The first-order chi connectivity index (χ1) is 15.9. The summed E-state index contributed by atoms with van der Waals surface area (Å²) < 4.78 is 16.3. The second-order valence-electron chi connectivity index (χ2n) is 7.52. The number of rotatable bonds is 13. The van der Waals surface area contributed by atoms with Gasteiger partial charge in [-0.25, -0.2) is 0 Å². The molecule has 0 unspecified atom stereocenters. The van der Waals surface area contributed by atoms with Crippen molar-refractivity contribution in [1.82, 2.24) is 10.2 Å². The molecule has 2 rings (SSSR count). The van der Waals surface area contributed by atoms with Gasteiger partial charge in [0.15, 0.2) is 6.61 Å². The van der Waals surface area contributed by atoms with E-state index < -0.39 is 6.04 Å². The molecule has 2 aromatic carbocycles. The molecule has 2 aromatic rings. The van der Waals surface area contributed by atoms with Crippen molar-refractivity contribution in [2.24, 2.45) is 0 Å². The van der Waals surface area contributed by atoms with Crippen LogP contribution in [-0.4, -0.2) is 50.1 Å². The van der Waals surface area contributed by atoms with Crippen molar-refractivity contribution in [2.75, 3.05) is 27.4 Å². The quantitative estimate of drug-likeness (QED) is 0.432. The first-order valence-electron chi connectivity index (χ1n) is 11.1. The molecule has 180 valence electrons. The van der Waals surface area contributed by atoms with Crippen LogP contribution in [0.25, 0.3) is 0 Å². The van der Waals surface area contributed by atoms with Crippen molar-refractivity contribution >= 4 is 23.4 Å². The molecular weight excluding hydrogens is 444 g/mol. The zero-order valence-corrected chi connectivity index (χ0v) is 20.5. The molecule has 0 radical (unpaired) electrons. The van der Waals surface area contributed by atoms with Crippen LogP contribution in [-0.2, 0) is 16.1 Å². The zero-order valence-electron chi connectivity index (χ0n) is 19.7. The molecular formula is C25H33ClN2O5. The molecule has 1 atom stereocenters. The third kappa shape index (κ3) is 7.86. The maximum absolute atomic E-state index is 13.3. The number of nitrogens with one attached hydrogen (secondary N) is 1. The average Bonchev–Trinajstić information content (AvgIpc) is 2.83. The highest BCUT2D eigenvalue weighted by Crippen LogP contribution is 2.27. The highest BCUT2D eigenvalue weighted by Gasteiger charge is 2.29. The van der Waals surface area contributed by atoms with Crippen LogP contribution < -0.4 is 19.5 Å². The fraction of sp³-hybridized carbons (Fsp3) is 0.440. The molecule has 0 saturated heterocycles. The number of amides is 2. The van der Waals surface area contributed by atoms with Gasteiger partial charge < -0.3 is 24.4 Å². The number of carbonyl (C=O) groups excluding carboxylic acids is 2. The number of nitrogens with zero attached hydrogens (tertiary/aromatic N) is 1. The summed E-state index contributed by atoms with van der Waals surface area (Å²) in [6.07, 6.45) is 2.31. The predicted octanol–water partition coefficient (Wildman–Crippen LogP) is 4.46. The predicted molar refractivity (Wildman–Crippen MR) is 129 cm³/mol. The lowest BCUT2D eigenvalue weighted by molar-refractivity contribution is -0.143. The van der Waals surface area contributed by atoms with E-state index in [1.165, 1.54) is 19.1 Å². The van der Waals surface area contributed by atoms with E-state index in [2.05, 4.69) is 12.2 Å². The molecule has 8 heteroatoms. The van der Waals surface area contributed by atoms with Gasteiger partial charge in [-0.15, -0.1) is 0 Å². The van der Waals surface area contributed by atoms with Gasteiger partial charge in [0.05, 0.1) is 14.2 Å². The molecule has 33 heavy (non-hydrogen) atoms. The number of ether oxygens (including phenoxy) is 3. The van der Waals surface area contributed by atoms with Crippen LogP contribution in [0.2, 0.25) is 5.02 Å². The van der Waals surface area contributed by atoms with E-state index in [9.17, 15) is 9.59 Å². The van der Waals surface area contributed by atoms with Crippen LogP contribution in [0.1, 0.15) is 38.7 Å². The van der Waals surface area contributed by atoms with E-state index in [4.69, 9.17) is 25.8 Å². The molecule has 7 nitrogen and oxygen atoms in total. The lowest BCUT2D eigenvalue weighted by atomic mass is 10.1. The van der Waals surface area contributed by atoms with Crippen LogP contribution in [0.4, 0.5) is 0 Å². The van der Waals surface area contributed by atoms with Gasteiger partial charge >= 0.3 is 0 Å². The normalized spacial score (nSPS) is 11.4. The molecule has 0 aliphatic rings. The minimum absolute atomic E-state index is 0.186. The second kappa shape index (κ2) is 13.6. The Labute approximate surface area is 201 Å². The number of benzene rings is 2. The standard InChI is InChI=1S/C25H33ClN2O5/c1-5-7-12-27-25(30)23(6-2)28(16-18-10-8-9-11-22(18)26)24(29)17-33-21-14-19(31-3)13-20(15-21)32-4/h8-11,13-15,23H,5-7,12,16-17H2,1-4H3,(H,27,30)/t23-/m0/s1. The zero-order chi connectivity index (χ0) is 24.2. The summed E-state index contributed by atoms with van der Waals surface area (Å²) >= 11 is 6.35. The summed E-state index contributed by atoms with van der Waals surface area (Å²) in [6, 6.07) is 11.7. The summed E-state index contributed by atoms with van der Waals surface area (Å²) in [4.78, 5) is 27.7. The number of unbranched alkanes of at least 4 members (excludes halogenated alkanes) is 1. The molecule has 0 spiro atoms. The van der Waals surface area contributed by atoms with Crippen LogP contribution in [0.5, 0.6) is 17.2 Å². The van der Waals surface area contributed by atoms with E-state index in [0.717, 1.165) is 18.4 Å². The lowest BCUT2D eigenvalue weighted by Crippen LogP contribution is -2.50. The van der Waals surface area contributed by atoms with E-state index in [1.807, 2.05) is 25.1 Å². The lowest BCUT2D eigenvalue weighted by Gasteiger charge is -2.31. The van der Waals surface area contributed by atoms with Gasteiger partial charge in [-0.2, -0.15) is 0 Å². The molecule has 0 aliphatic heterocycles. The number of hydrogen-bond acceptors (Lipinski definition) is 5. The third-order valence-corrected chi connectivity index (χ3v) is 5.57. The van der Waals surface area contributed by atoms with Gasteiger partial charge in [-0.1, -0.05) is 50.1 Å². The van der Waals surface area contributed by atoms with Crippen LogP contribution in [0.15, 0.2) is 42.5 Å². The fourth-order valence-corrected chi connectivity index (χ4v) is 3.52. The minimum Gasteiger partial charge on any atom is -0.496 e. The van der Waals surface area contributed by atoms with Crippen molar-refractivity contribution < 1.29 is 23.8 Å². The van der Waals surface area contributed by atoms with Gasteiger partial charge in [0.25, 0.3) is 5.91 Å². The SMILES string of the molecule is CCCCNC(=O)[C@H](CC)N(Cc1ccccc1Cl)C(=O)COc1cc(OC)cc(OC)c1. The molecule has 1 N–H and O–H groups in total. The van der Waals surface area contributed by atoms with Gasteiger partial charge in [-0.3, -0.25) is 9.59 Å². The van der Waals surface area contributed by atoms with E-state index in [-0.39, 0.29) is 25.0 Å². The molecule has 0 heterocycles. The van der Waals surface area contributed by atoms with Crippen molar-refractivity contribution in [3.8, 4) is 17.2 Å². The minimum atomic E-state index is -0.644. The first kappa shape index (κ1) is 26.3. The Balaban J connectivity index is 2.23. The Kier molecular flexibility index (Phi) is 10.8. The summed E-state index contributed by atoms with van der Waals surface area (Å²) in [5, 5.41) is 3.47. The Morgan fingerprint density at radius 2 is 1.67 bits per heavy atom. The molecule has 0 saturated carbocycles. The Bertz CT molecular complexity index is 899. The summed E-state index contributed by atoms with van der Waals surface area (Å²) in [5.41, 5.74) is 0.760. The number of halogens is 1. The van der Waals surface area contributed by atoms with Crippen LogP contribution in [0, 0.1) is 0 Å². The molecule has 0 aliphatic carbocycles. The van der Waals surface area contributed by atoms with E-state index in [1.54, 1.807) is 24.3 Å². The van der Waals surface area contributed by atoms with Crippen molar-refractivity contribution in [3.05, 3.63) is 53.1 Å². The maximum Gasteiger partial charge on any atom is 0.261 e. The Morgan fingerprint density at radius 1 is 1.03 bits per heavy atom. The fourth-order valence-electron chi connectivity index (χ4n) is 3.33. The smallest absolute Gasteiger partial charge is 0.261 e. The largest absolute Gasteiger partial charge is 0.496 e. The number of methoxy groups -OCH3 is 2. The molecule has 2 amide bonds. The molecule has 0 aromatic heterocycles. The second-order valence-corrected chi connectivity index (χ2v) is 7.93. The third-order valence-electron chi connectivity index (χ3n) is 5.20. The number of carbonyl (C=O) groups is 2. The van der Waals surface area contributed by atoms with E-state index >= 15 is 0 Å². The number of hydrogen-bond donors (Lipinski definition) is 1. The van der Waals surface area contributed by atoms with Crippen molar-refractivity contribution in [1.29, 1.82) is 0 Å². The topological polar surface area (TPSA) is 77.1 Å². The summed E-state index contributed by atoms with van der Waals surface area (Å²) in [5.74, 6) is 1.01. The van der Waals surface area contributed by atoms with Crippen LogP contribution in [0.3, 0.4) is 0 Å². The Hall–Kier alpha value is -2.93. The van der Waals surface area contributed by atoms with Gasteiger partial charge in [0.1, 0.15) is 23.3 Å². The van der Waals surface area contributed by atoms with Gasteiger partial charge in [-0.05, 0) is 24.5 Å². The summed E-state index contributed by atoms with van der Waals surface area (Å²) in [7, 11) is 3.08. The molecule has 0 fully saturated rings. The van der Waals surface area contributed by atoms with Gasteiger partial charge in [0, 0.05) is 36.3 Å². The van der Waals surface area contributed by atoms with Gasteiger partial charge in [0.2, 0.25) is 5.91 Å². The van der Waals surface area contributed by atoms with E-state index in [0.29, 0.717) is 35.2 Å². The molecule has 0 bridgehead atoms. The highest BCUT2D eigenvalue weighted by molar-refractivity contribution is 6.31.